The normalized spacial score (nSPS) is 12.4. The molecule has 0 saturated carbocycles. The number of anilines is 1. The minimum atomic E-state index is -3.91. The van der Waals surface area contributed by atoms with Crippen LogP contribution in [0.25, 0.3) is 0 Å². The van der Waals surface area contributed by atoms with Crippen molar-refractivity contribution in [3.63, 3.8) is 0 Å². The molecule has 35 heavy (non-hydrogen) atoms. The smallest absolute Gasteiger partial charge is 0.243 e. The van der Waals surface area contributed by atoms with E-state index in [0.717, 1.165) is 11.1 Å². The Balaban J connectivity index is 1.85. The number of amides is 2. The van der Waals surface area contributed by atoms with Crippen molar-refractivity contribution in [2.45, 2.75) is 45.2 Å². The van der Waals surface area contributed by atoms with E-state index < -0.39 is 28.5 Å². The van der Waals surface area contributed by atoms with Crippen LogP contribution >= 0.6 is 0 Å². The fourth-order valence-electron chi connectivity index (χ4n) is 3.62. The lowest BCUT2D eigenvalue weighted by molar-refractivity contribution is -0.127. The predicted molar refractivity (Wildman–Crippen MR) is 134 cm³/mol. The number of nitrogens with zero attached hydrogens (tertiary/aromatic N) is 1. The van der Waals surface area contributed by atoms with Crippen LogP contribution in [-0.4, -0.2) is 32.8 Å². The first-order chi connectivity index (χ1) is 16.6. The van der Waals surface area contributed by atoms with Crippen LogP contribution in [0.2, 0.25) is 0 Å². The topological polar surface area (TPSA) is 109 Å². The van der Waals surface area contributed by atoms with E-state index >= 15 is 0 Å². The van der Waals surface area contributed by atoms with Crippen LogP contribution < -0.4 is 14.9 Å². The molecule has 8 nitrogen and oxygen atoms in total. The molecule has 0 aliphatic heterocycles. The highest BCUT2D eigenvalue weighted by Gasteiger charge is 2.34. The first kappa shape index (κ1) is 26.2. The number of nitrogens with one attached hydrogen (secondary N) is 2. The number of aryl methyl sites for hydroxylation is 2. The second-order valence-corrected chi connectivity index (χ2v) is 10.5. The van der Waals surface area contributed by atoms with Gasteiger partial charge in [-0.25, -0.2) is 13.1 Å². The molecule has 2 N–H and O–H groups in total. The Hall–Kier alpha value is -3.43. The summed E-state index contributed by atoms with van der Waals surface area (Å²) in [5, 5.41) is 2.82. The molecule has 1 atom stereocenters. The van der Waals surface area contributed by atoms with E-state index in [0.29, 0.717) is 11.4 Å². The van der Waals surface area contributed by atoms with Gasteiger partial charge in [-0.1, -0.05) is 49.2 Å². The fourth-order valence-corrected chi connectivity index (χ4v) is 4.59. The predicted octanol–water partition coefficient (Wildman–Crippen LogP) is 3.55. The molecule has 0 aliphatic carbocycles. The van der Waals surface area contributed by atoms with E-state index in [1.165, 1.54) is 23.3 Å². The zero-order valence-electron chi connectivity index (χ0n) is 20.3. The summed E-state index contributed by atoms with van der Waals surface area (Å²) in [6, 6.07) is 16.1. The van der Waals surface area contributed by atoms with Crippen molar-refractivity contribution in [2.24, 2.45) is 5.92 Å². The van der Waals surface area contributed by atoms with E-state index in [9.17, 15) is 18.0 Å². The molecular formula is C26H31N3O5S. The molecule has 0 unspecified atom stereocenters. The number of hydrogen-bond acceptors (Lipinski definition) is 5. The summed E-state index contributed by atoms with van der Waals surface area (Å²) in [7, 11) is -3.91. The van der Waals surface area contributed by atoms with Gasteiger partial charge in [0.25, 0.3) is 0 Å². The van der Waals surface area contributed by atoms with E-state index in [1.807, 2.05) is 39.8 Å². The summed E-state index contributed by atoms with van der Waals surface area (Å²) in [6.45, 7) is 7.12. The number of carbonyl (C=O) groups excluding carboxylic acids is 2. The largest absolute Gasteiger partial charge is 0.467 e. The number of carbonyl (C=O) groups is 2. The molecule has 0 saturated heterocycles. The molecule has 0 radical (unpaired) electrons. The third-order valence-corrected chi connectivity index (χ3v) is 6.94. The summed E-state index contributed by atoms with van der Waals surface area (Å²) < 4.78 is 33.2. The molecule has 0 bridgehead atoms. The first-order valence-corrected chi connectivity index (χ1v) is 12.8. The monoisotopic (exact) mass is 497 g/mol. The summed E-state index contributed by atoms with van der Waals surface area (Å²) in [5.74, 6) is -0.589. The van der Waals surface area contributed by atoms with Crippen LogP contribution in [0, 0.1) is 19.8 Å². The van der Waals surface area contributed by atoms with Gasteiger partial charge < -0.3 is 9.73 Å². The number of benzene rings is 2. The quantitative estimate of drug-likeness (QED) is 0.445. The number of sulfonamides is 1. The molecule has 3 rings (SSSR count). The molecule has 1 heterocycles. The highest BCUT2D eigenvalue weighted by molar-refractivity contribution is 7.89. The fraction of sp³-hybridized carbons (Fsp3) is 0.308. The second-order valence-electron chi connectivity index (χ2n) is 8.72. The third-order valence-electron chi connectivity index (χ3n) is 5.52. The maximum atomic E-state index is 13.4. The SMILES string of the molecule is Cc1ccc(N(C(=O)CNS(=O)(=O)c2ccc(C)cc2)[C@H](C(=O)NCc2ccco2)C(C)C)cc1. The second kappa shape index (κ2) is 11.3. The van der Waals surface area contributed by atoms with Crippen molar-refractivity contribution in [1.29, 1.82) is 0 Å². The number of hydrogen-bond donors (Lipinski definition) is 2. The maximum absolute atomic E-state index is 13.4. The minimum Gasteiger partial charge on any atom is -0.467 e. The van der Waals surface area contributed by atoms with Crippen molar-refractivity contribution in [3.8, 4) is 0 Å². The Morgan fingerprint density at radius 2 is 1.54 bits per heavy atom. The molecule has 2 aromatic carbocycles. The first-order valence-electron chi connectivity index (χ1n) is 11.3. The molecule has 0 fully saturated rings. The molecule has 186 valence electrons. The van der Waals surface area contributed by atoms with Crippen molar-refractivity contribution in [3.05, 3.63) is 83.8 Å². The summed E-state index contributed by atoms with van der Waals surface area (Å²) in [4.78, 5) is 28.1. The standard InChI is InChI=1S/C26H31N3O5S/c1-18(2)25(26(31)27-16-22-6-5-15-34-22)29(21-11-7-19(3)8-12-21)24(30)17-28-35(32,33)23-13-9-20(4)10-14-23/h5-15,18,25,28H,16-17H2,1-4H3,(H,27,31)/t25-/m0/s1. The van der Waals surface area contributed by atoms with Gasteiger partial charge in [0.1, 0.15) is 11.8 Å². The van der Waals surface area contributed by atoms with Crippen LogP contribution in [0.5, 0.6) is 0 Å². The lowest BCUT2D eigenvalue weighted by Crippen LogP contribution is -2.54. The third kappa shape index (κ3) is 6.80. The highest BCUT2D eigenvalue weighted by atomic mass is 32.2. The van der Waals surface area contributed by atoms with Gasteiger partial charge >= 0.3 is 0 Å². The van der Waals surface area contributed by atoms with E-state index in [1.54, 1.807) is 36.4 Å². The maximum Gasteiger partial charge on any atom is 0.243 e. The summed E-state index contributed by atoms with van der Waals surface area (Å²) in [6.07, 6.45) is 1.52. The zero-order valence-corrected chi connectivity index (χ0v) is 21.1. The van der Waals surface area contributed by atoms with Crippen LogP contribution in [0.3, 0.4) is 0 Å². The Labute approximate surface area is 206 Å². The molecule has 9 heteroatoms. The van der Waals surface area contributed by atoms with Crippen LogP contribution in [0.1, 0.15) is 30.7 Å². The average molecular weight is 498 g/mol. The zero-order chi connectivity index (χ0) is 25.6. The summed E-state index contributed by atoms with van der Waals surface area (Å²) in [5.41, 5.74) is 2.41. The Kier molecular flexibility index (Phi) is 8.48. The Morgan fingerprint density at radius 3 is 2.09 bits per heavy atom. The van der Waals surface area contributed by atoms with Crippen molar-refractivity contribution >= 4 is 27.5 Å². The highest BCUT2D eigenvalue weighted by Crippen LogP contribution is 2.23. The van der Waals surface area contributed by atoms with Gasteiger partial charge in [-0.15, -0.1) is 0 Å². The molecule has 3 aromatic rings. The van der Waals surface area contributed by atoms with Crippen LogP contribution in [-0.2, 0) is 26.2 Å². The summed E-state index contributed by atoms with van der Waals surface area (Å²) >= 11 is 0. The van der Waals surface area contributed by atoms with Gasteiger partial charge in [-0.3, -0.25) is 14.5 Å². The van der Waals surface area contributed by atoms with Gasteiger partial charge in [0.15, 0.2) is 0 Å². The molecule has 1 aromatic heterocycles. The van der Waals surface area contributed by atoms with E-state index in [-0.39, 0.29) is 23.3 Å². The van der Waals surface area contributed by atoms with Crippen LogP contribution in [0.15, 0.2) is 76.2 Å². The number of rotatable bonds is 10. The molecule has 0 spiro atoms. The van der Waals surface area contributed by atoms with Gasteiger partial charge in [0, 0.05) is 5.69 Å². The van der Waals surface area contributed by atoms with Crippen LogP contribution in [0.4, 0.5) is 5.69 Å². The van der Waals surface area contributed by atoms with Gasteiger partial charge in [0.05, 0.1) is 24.2 Å². The van der Waals surface area contributed by atoms with Crippen molar-refractivity contribution in [1.82, 2.24) is 10.0 Å². The molecule has 2 amide bonds. The molecular weight excluding hydrogens is 466 g/mol. The van der Waals surface area contributed by atoms with Crippen molar-refractivity contribution in [2.75, 3.05) is 11.4 Å². The van der Waals surface area contributed by atoms with E-state index in [4.69, 9.17) is 4.42 Å². The Morgan fingerprint density at radius 1 is 0.943 bits per heavy atom. The number of furan rings is 1. The van der Waals surface area contributed by atoms with Gasteiger partial charge in [-0.2, -0.15) is 0 Å². The Bertz CT molecular complexity index is 1240. The van der Waals surface area contributed by atoms with Gasteiger partial charge in [-0.05, 0) is 56.2 Å². The molecule has 0 aliphatic rings. The average Bonchev–Trinajstić information content (AvgIpc) is 3.34. The van der Waals surface area contributed by atoms with E-state index in [2.05, 4.69) is 10.0 Å². The van der Waals surface area contributed by atoms with Gasteiger partial charge in [0.2, 0.25) is 21.8 Å². The minimum absolute atomic E-state index is 0.0642. The van der Waals surface area contributed by atoms with Crippen molar-refractivity contribution < 1.29 is 22.4 Å². The lowest BCUT2D eigenvalue weighted by atomic mass is 10.00. The lowest BCUT2D eigenvalue weighted by Gasteiger charge is -2.33.